The lowest BCUT2D eigenvalue weighted by Crippen LogP contribution is -2.29. The molecule has 3 heterocycles. The van der Waals surface area contributed by atoms with Gasteiger partial charge >= 0.3 is 11.7 Å². The van der Waals surface area contributed by atoms with Crippen molar-refractivity contribution < 1.29 is 27.2 Å². The van der Waals surface area contributed by atoms with Gasteiger partial charge in [0.1, 0.15) is 11.9 Å². The fraction of sp³-hybridized carbons (Fsp3) is 0.400. The molecule has 11 nitrogen and oxygen atoms in total. The lowest BCUT2D eigenvalue weighted by atomic mass is 10.3. The number of benzene rings is 1. The van der Waals surface area contributed by atoms with Crippen molar-refractivity contribution in [2.24, 2.45) is 0 Å². The molecule has 1 amide bonds. The van der Waals surface area contributed by atoms with E-state index >= 15 is 0 Å². The first kappa shape index (κ1) is 21.8. The normalized spacial score (nSPS) is 18.5. The van der Waals surface area contributed by atoms with Crippen molar-refractivity contribution in [1.82, 2.24) is 14.3 Å². The second kappa shape index (κ2) is 8.26. The van der Waals surface area contributed by atoms with Crippen molar-refractivity contribution >= 4 is 38.6 Å². The van der Waals surface area contributed by atoms with Crippen LogP contribution in [0.15, 0.2) is 39.5 Å². The minimum atomic E-state index is -3.13. The zero-order valence-corrected chi connectivity index (χ0v) is 18.3. The van der Waals surface area contributed by atoms with E-state index in [9.17, 15) is 22.8 Å². The third-order valence-electron chi connectivity index (χ3n) is 5.27. The fourth-order valence-electron chi connectivity index (χ4n) is 3.75. The van der Waals surface area contributed by atoms with Gasteiger partial charge in [-0.1, -0.05) is 12.1 Å². The summed E-state index contributed by atoms with van der Waals surface area (Å²) in [7, 11) is -3.13. The molecule has 1 fully saturated rings. The highest BCUT2D eigenvalue weighted by molar-refractivity contribution is 7.91. The summed E-state index contributed by atoms with van der Waals surface area (Å²) in [4.78, 5) is 37.0. The Kier molecular flexibility index (Phi) is 5.63. The molecule has 2 atom stereocenters. The minimum absolute atomic E-state index is 0.0447. The molecule has 1 aliphatic rings. The summed E-state index contributed by atoms with van der Waals surface area (Å²) in [5, 5.41) is 6.90. The molecule has 2 unspecified atom stereocenters. The van der Waals surface area contributed by atoms with E-state index in [1.54, 1.807) is 37.3 Å². The Labute approximate surface area is 182 Å². The van der Waals surface area contributed by atoms with Crippen LogP contribution in [0.5, 0.6) is 0 Å². The summed E-state index contributed by atoms with van der Waals surface area (Å²) >= 11 is 0. The van der Waals surface area contributed by atoms with Crippen LogP contribution < -0.4 is 11.1 Å². The number of esters is 1. The van der Waals surface area contributed by atoms with Gasteiger partial charge in [-0.25, -0.2) is 22.7 Å². The topological polar surface area (TPSA) is 142 Å². The molecule has 1 saturated heterocycles. The number of rotatable bonds is 6. The van der Waals surface area contributed by atoms with Crippen LogP contribution in [0.25, 0.3) is 11.1 Å². The van der Waals surface area contributed by atoms with Crippen LogP contribution in [0.1, 0.15) is 31.1 Å². The Morgan fingerprint density at radius 1 is 1.34 bits per heavy atom. The summed E-state index contributed by atoms with van der Waals surface area (Å²) in [6.07, 6.45) is 0.409. The molecule has 0 aliphatic carbocycles. The molecule has 1 aliphatic heterocycles. The highest BCUT2D eigenvalue weighted by atomic mass is 32.2. The molecule has 0 spiro atoms. The SMILES string of the molecule is Cc1cc(NC(=O)COC(=O)C(C)n2c(=O)oc3ccccc32)n(C2CCS(=O)(=O)C2)n1. The van der Waals surface area contributed by atoms with E-state index in [0.717, 1.165) is 4.57 Å². The van der Waals surface area contributed by atoms with Gasteiger partial charge < -0.3 is 14.5 Å². The number of hydrogen-bond donors (Lipinski definition) is 1. The van der Waals surface area contributed by atoms with Crippen LogP contribution in [0.3, 0.4) is 0 Å². The predicted octanol–water partition coefficient (Wildman–Crippen LogP) is 1.20. The Bertz CT molecular complexity index is 1350. The monoisotopic (exact) mass is 462 g/mol. The molecule has 2 aromatic heterocycles. The van der Waals surface area contributed by atoms with E-state index in [-0.39, 0.29) is 17.5 Å². The van der Waals surface area contributed by atoms with Crippen molar-refractivity contribution in [3.8, 4) is 0 Å². The lowest BCUT2D eigenvalue weighted by Gasteiger charge is -2.15. The first-order chi connectivity index (χ1) is 15.1. The number of hydrogen-bond acceptors (Lipinski definition) is 8. The standard InChI is InChI=1S/C20H22N4O7S/c1-12-9-17(24(22-12)14-7-8-32(28,29)11-14)21-18(25)10-30-19(26)13(2)23-15-5-3-4-6-16(15)31-20(23)27/h3-6,9,13-14H,7-8,10-11H2,1-2H3,(H,21,25). The maximum absolute atomic E-state index is 12.5. The first-order valence-electron chi connectivity index (χ1n) is 9.98. The van der Waals surface area contributed by atoms with Gasteiger partial charge in [0, 0.05) is 6.07 Å². The molecule has 32 heavy (non-hydrogen) atoms. The number of amides is 1. The molecule has 12 heteroatoms. The Balaban J connectivity index is 1.41. The molecule has 4 rings (SSSR count). The zero-order chi connectivity index (χ0) is 23.0. The van der Waals surface area contributed by atoms with Gasteiger partial charge in [0.25, 0.3) is 5.91 Å². The summed E-state index contributed by atoms with van der Waals surface area (Å²) < 4.78 is 36.4. The number of ether oxygens (including phenoxy) is 1. The molecular weight excluding hydrogens is 440 g/mol. The highest BCUT2D eigenvalue weighted by Crippen LogP contribution is 2.27. The molecule has 3 aromatic rings. The second-order valence-electron chi connectivity index (χ2n) is 7.71. The Morgan fingerprint density at radius 2 is 2.09 bits per heavy atom. The van der Waals surface area contributed by atoms with Crippen LogP contribution in [-0.2, 0) is 24.2 Å². The van der Waals surface area contributed by atoms with E-state index in [4.69, 9.17) is 9.15 Å². The number of nitrogens with one attached hydrogen (secondary N) is 1. The van der Waals surface area contributed by atoms with E-state index in [1.165, 1.54) is 11.6 Å². The molecule has 1 aromatic carbocycles. The maximum atomic E-state index is 12.5. The molecule has 0 radical (unpaired) electrons. The fourth-order valence-corrected chi connectivity index (χ4v) is 5.44. The molecular formula is C20H22N4O7S. The van der Waals surface area contributed by atoms with Gasteiger partial charge in [0.2, 0.25) is 0 Å². The van der Waals surface area contributed by atoms with Crippen molar-refractivity contribution in [1.29, 1.82) is 0 Å². The third kappa shape index (κ3) is 4.31. The van der Waals surface area contributed by atoms with Crippen molar-refractivity contribution in [2.45, 2.75) is 32.4 Å². The average Bonchev–Trinajstić information content (AvgIpc) is 3.38. The van der Waals surface area contributed by atoms with Gasteiger partial charge in [-0.2, -0.15) is 5.10 Å². The second-order valence-corrected chi connectivity index (χ2v) is 9.94. The van der Waals surface area contributed by atoms with Gasteiger partial charge in [-0.3, -0.25) is 9.36 Å². The van der Waals surface area contributed by atoms with Crippen LogP contribution in [0.2, 0.25) is 0 Å². The van der Waals surface area contributed by atoms with E-state index in [1.807, 2.05) is 0 Å². The number of aromatic nitrogens is 3. The third-order valence-corrected chi connectivity index (χ3v) is 7.02. The quantitative estimate of drug-likeness (QED) is 0.539. The number of oxazole rings is 1. The van der Waals surface area contributed by atoms with Crippen LogP contribution >= 0.6 is 0 Å². The predicted molar refractivity (Wildman–Crippen MR) is 114 cm³/mol. The number of aryl methyl sites for hydroxylation is 1. The zero-order valence-electron chi connectivity index (χ0n) is 17.5. The summed E-state index contributed by atoms with van der Waals surface area (Å²) in [6.45, 7) is 2.62. The van der Waals surface area contributed by atoms with Gasteiger partial charge in [-0.15, -0.1) is 0 Å². The molecule has 0 bridgehead atoms. The largest absolute Gasteiger partial charge is 0.454 e. The van der Waals surface area contributed by atoms with Gasteiger partial charge in [0.15, 0.2) is 22.0 Å². The van der Waals surface area contributed by atoms with E-state index in [0.29, 0.717) is 29.0 Å². The number of nitrogens with zero attached hydrogens (tertiary/aromatic N) is 3. The smallest absolute Gasteiger partial charge is 0.420 e. The van der Waals surface area contributed by atoms with Crippen molar-refractivity contribution in [3.05, 3.63) is 46.6 Å². The number of sulfone groups is 1. The number of anilines is 1. The number of fused-ring (bicyclic) bond motifs is 1. The van der Waals surface area contributed by atoms with E-state index < -0.39 is 40.1 Å². The minimum Gasteiger partial charge on any atom is -0.454 e. The van der Waals surface area contributed by atoms with Crippen LogP contribution in [-0.4, -0.2) is 52.8 Å². The van der Waals surface area contributed by atoms with E-state index in [2.05, 4.69) is 10.4 Å². The Hall–Kier alpha value is -3.41. The molecule has 170 valence electrons. The maximum Gasteiger partial charge on any atom is 0.420 e. The van der Waals surface area contributed by atoms with Crippen molar-refractivity contribution in [2.75, 3.05) is 23.4 Å². The van der Waals surface area contributed by atoms with Crippen molar-refractivity contribution in [3.63, 3.8) is 0 Å². The number of para-hydroxylation sites is 2. The molecule has 1 N–H and O–H groups in total. The number of carbonyl (C=O) groups is 2. The molecule has 0 saturated carbocycles. The van der Waals surface area contributed by atoms with Crippen LogP contribution in [0.4, 0.5) is 5.82 Å². The first-order valence-corrected chi connectivity index (χ1v) is 11.8. The average molecular weight is 462 g/mol. The highest BCUT2D eigenvalue weighted by Gasteiger charge is 2.31. The van der Waals surface area contributed by atoms with Crippen LogP contribution in [0, 0.1) is 6.92 Å². The van der Waals surface area contributed by atoms with Gasteiger partial charge in [-0.05, 0) is 32.4 Å². The summed E-state index contributed by atoms with van der Waals surface area (Å²) in [6, 6.07) is 6.91. The summed E-state index contributed by atoms with van der Waals surface area (Å²) in [5.41, 5.74) is 1.39. The lowest BCUT2D eigenvalue weighted by molar-refractivity contribution is -0.150. The number of carbonyl (C=O) groups excluding carboxylic acids is 2. The Morgan fingerprint density at radius 3 is 2.81 bits per heavy atom. The summed E-state index contributed by atoms with van der Waals surface area (Å²) in [5.74, 6) is -1.74. The van der Waals surface area contributed by atoms with Gasteiger partial charge in [0.05, 0.1) is 28.8 Å².